The number of likely N-dealkylation sites (N-methyl/N-ethyl adjacent to an activating group) is 1. The van der Waals surface area contributed by atoms with Gasteiger partial charge in [0, 0.05) is 17.5 Å². The van der Waals surface area contributed by atoms with Gasteiger partial charge in [0.2, 0.25) is 0 Å². The van der Waals surface area contributed by atoms with Gasteiger partial charge < -0.3 is 15.4 Å². The summed E-state index contributed by atoms with van der Waals surface area (Å²) in [6, 6.07) is 2.14. The summed E-state index contributed by atoms with van der Waals surface area (Å²) in [6.45, 7) is 4.58. The average molecular weight is 279 g/mol. The van der Waals surface area contributed by atoms with E-state index in [9.17, 15) is 4.79 Å². The summed E-state index contributed by atoms with van der Waals surface area (Å²) in [5.74, 6) is 0.578. The van der Waals surface area contributed by atoms with Gasteiger partial charge in [-0.25, -0.2) is 0 Å². The van der Waals surface area contributed by atoms with Gasteiger partial charge in [-0.15, -0.1) is 23.7 Å². The third kappa shape index (κ3) is 4.53. The minimum absolute atomic E-state index is 0. The van der Waals surface area contributed by atoms with Gasteiger partial charge in [-0.05, 0) is 27.0 Å². The van der Waals surface area contributed by atoms with Crippen molar-refractivity contribution in [2.75, 3.05) is 20.7 Å². The Morgan fingerprint density at radius 2 is 2.24 bits per heavy atom. The molecule has 6 heteroatoms. The average Bonchev–Trinajstić information content (AvgIpc) is 2.66. The fourth-order valence-electron chi connectivity index (χ4n) is 1.23. The minimum atomic E-state index is -0.0722. The van der Waals surface area contributed by atoms with Crippen molar-refractivity contribution < 1.29 is 9.53 Å². The zero-order valence-corrected chi connectivity index (χ0v) is 12.1. The maximum atomic E-state index is 11.8. The van der Waals surface area contributed by atoms with E-state index in [-0.39, 0.29) is 24.4 Å². The van der Waals surface area contributed by atoms with E-state index in [1.165, 1.54) is 11.3 Å². The van der Waals surface area contributed by atoms with Crippen molar-refractivity contribution in [1.29, 1.82) is 0 Å². The number of hydrogen-bond donors (Lipinski definition) is 2. The number of ether oxygens (including phenoxy) is 1. The molecule has 0 radical (unpaired) electrons. The van der Waals surface area contributed by atoms with E-state index < -0.39 is 0 Å². The molecular formula is C11H19ClN2O2S. The molecule has 1 atom stereocenters. The smallest absolute Gasteiger partial charge is 0.265 e. The van der Waals surface area contributed by atoms with Gasteiger partial charge >= 0.3 is 0 Å². The molecule has 4 nitrogen and oxygen atoms in total. The predicted molar refractivity (Wildman–Crippen MR) is 73.7 cm³/mol. The van der Waals surface area contributed by atoms with Crippen molar-refractivity contribution in [3.63, 3.8) is 0 Å². The summed E-state index contributed by atoms with van der Waals surface area (Å²) < 4.78 is 5.15. The Morgan fingerprint density at radius 1 is 1.59 bits per heavy atom. The molecule has 0 aliphatic carbocycles. The molecule has 0 fully saturated rings. The van der Waals surface area contributed by atoms with E-state index in [0.29, 0.717) is 17.2 Å². The number of carbonyl (C=O) groups is 1. The van der Waals surface area contributed by atoms with Gasteiger partial charge in [0.1, 0.15) is 10.6 Å². The Hall–Kier alpha value is -0.780. The lowest BCUT2D eigenvalue weighted by Gasteiger charge is -2.11. The van der Waals surface area contributed by atoms with Crippen molar-refractivity contribution in [2.45, 2.75) is 19.9 Å². The molecule has 1 amide bonds. The van der Waals surface area contributed by atoms with Crippen molar-refractivity contribution >= 4 is 29.7 Å². The number of aryl methyl sites for hydroxylation is 1. The van der Waals surface area contributed by atoms with Crippen LogP contribution in [0.1, 0.15) is 21.5 Å². The van der Waals surface area contributed by atoms with E-state index in [1.54, 1.807) is 7.11 Å². The Labute approximate surface area is 112 Å². The Kier molecular flexibility index (Phi) is 7.18. The quantitative estimate of drug-likeness (QED) is 0.864. The molecule has 0 saturated carbocycles. The first kappa shape index (κ1) is 16.2. The van der Waals surface area contributed by atoms with Crippen LogP contribution in [0.2, 0.25) is 0 Å². The van der Waals surface area contributed by atoms with Crippen LogP contribution in [0, 0.1) is 6.92 Å². The number of thiophene rings is 1. The number of rotatable bonds is 5. The second-order valence-electron chi connectivity index (χ2n) is 3.65. The van der Waals surface area contributed by atoms with E-state index in [2.05, 4.69) is 10.6 Å². The molecule has 0 aliphatic heterocycles. The highest BCUT2D eigenvalue weighted by atomic mass is 35.5. The molecule has 0 saturated heterocycles. The molecule has 1 aromatic heterocycles. The highest BCUT2D eigenvalue weighted by Gasteiger charge is 2.15. The number of methoxy groups -OCH3 is 1. The Bertz CT molecular complexity index is 368. The molecule has 0 spiro atoms. The topological polar surface area (TPSA) is 50.4 Å². The standard InChI is InChI=1S/C11H18N2O2S.ClH/c1-7(12-3)6-13-11(14)10-9(15-4)5-8(2)16-10;/h5,7,12H,6H2,1-4H3,(H,13,14);1H. The van der Waals surface area contributed by atoms with E-state index in [4.69, 9.17) is 4.74 Å². The molecule has 0 aromatic carbocycles. The van der Waals surface area contributed by atoms with Crippen LogP contribution in [0.25, 0.3) is 0 Å². The van der Waals surface area contributed by atoms with Crippen LogP contribution in [-0.4, -0.2) is 32.7 Å². The fourth-order valence-corrected chi connectivity index (χ4v) is 2.12. The molecule has 1 heterocycles. The van der Waals surface area contributed by atoms with Crippen molar-refractivity contribution in [3.05, 3.63) is 15.8 Å². The van der Waals surface area contributed by atoms with Gasteiger partial charge in [-0.3, -0.25) is 4.79 Å². The second kappa shape index (κ2) is 7.53. The van der Waals surface area contributed by atoms with Crippen molar-refractivity contribution in [3.8, 4) is 5.75 Å². The van der Waals surface area contributed by atoms with Crippen LogP contribution in [0.5, 0.6) is 5.75 Å². The van der Waals surface area contributed by atoms with E-state index >= 15 is 0 Å². The lowest BCUT2D eigenvalue weighted by atomic mass is 10.3. The number of hydrogen-bond acceptors (Lipinski definition) is 4. The normalized spacial score (nSPS) is 11.5. The van der Waals surface area contributed by atoms with Crippen LogP contribution in [0.15, 0.2) is 6.07 Å². The van der Waals surface area contributed by atoms with Gasteiger partial charge in [0.25, 0.3) is 5.91 Å². The molecule has 1 unspecified atom stereocenters. The molecule has 1 aromatic rings. The first-order chi connectivity index (χ1) is 7.58. The van der Waals surface area contributed by atoms with Gasteiger partial charge in [-0.2, -0.15) is 0 Å². The number of halogens is 1. The second-order valence-corrected chi connectivity index (χ2v) is 4.91. The SMILES string of the molecule is CNC(C)CNC(=O)c1sc(C)cc1OC.Cl. The molecule has 0 aliphatic rings. The van der Waals surface area contributed by atoms with Crippen molar-refractivity contribution in [1.82, 2.24) is 10.6 Å². The van der Waals surface area contributed by atoms with E-state index in [0.717, 1.165) is 4.88 Å². The van der Waals surface area contributed by atoms with Crippen LogP contribution in [0.3, 0.4) is 0 Å². The Balaban J connectivity index is 0.00000256. The van der Waals surface area contributed by atoms with Gasteiger partial charge in [-0.1, -0.05) is 0 Å². The number of nitrogens with one attached hydrogen (secondary N) is 2. The van der Waals surface area contributed by atoms with Crippen LogP contribution in [0.4, 0.5) is 0 Å². The highest BCUT2D eigenvalue weighted by Crippen LogP contribution is 2.28. The third-order valence-corrected chi connectivity index (χ3v) is 3.34. The molecule has 2 N–H and O–H groups in total. The van der Waals surface area contributed by atoms with E-state index in [1.807, 2.05) is 27.0 Å². The maximum absolute atomic E-state index is 11.8. The summed E-state index contributed by atoms with van der Waals surface area (Å²) in [5.41, 5.74) is 0. The monoisotopic (exact) mass is 278 g/mol. The molecule has 17 heavy (non-hydrogen) atoms. The van der Waals surface area contributed by atoms with Crippen LogP contribution >= 0.6 is 23.7 Å². The number of carbonyl (C=O) groups excluding carboxylic acids is 1. The highest BCUT2D eigenvalue weighted by molar-refractivity contribution is 7.14. The van der Waals surface area contributed by atoms with Crippen LogP contribution < -0.4 is 15.4 Å². The van der Waals surface area contributed by atoms with Crippen molar-refractivity contribution in [2.24, 2.45) is 0 Å². The molecule has 98 valence electrons. The largest absolute Gasteiger partial charge is 0.495 e. The molecule has 0 bridgehead atoms. The first-order valence-electron chi connectivity index (χ1n) is 5.18. The lowest BCUT2D eigenvalue weighted by molar-refractivity contribution is 0.0952. The van der Waals surface area contributed by atoms with Gasteiger partial charge in [0.05, 0.1) is 7.11 Å². The fraction of sp³-hybridized carbons (Fsp3) is 0.545. The van der Waals surface area contributed by atoms with Crippen LogP contribution in [-0.2, 0) is 0 Å². The summed E-state index contributed by atoms with van der Waals surface area (Å²) >= 11 is 1.45. The van der Waals surface area contributed by atoms with Gasteiger partial charge in [0.15, 0.2) is 0 Å². The first-order valence-corrected chi connectivity index (χ1v) is 6.00. The predicted octanol–water partition coefficient (Wildman–Crippen LogP) is 1.82. The summed E-state index contributed by atoms with van der Waals surface area (Å²) in [6.07, 6.45) is 0. The number of amides is 1. The third-order valence-electron chi connectivity index (χ3n) is 2.31. The zero-order chi connectivity index (χ0) is 12.1. The minimum Gasteiger partial charge on any atom is -0.495 e. The maximum Gasteiger partial charge on any atom is 0.265 e. The summed E-state index contributed by atoms with van der Waals surface area (Å²) in [4.78, 5) is 13.6. The molecule has 1 rings (SSSR count). The summed E-state index contributed by atoms with van der Waals surface area (Å²) in [5, 5.41) is 5.93. The Morgan fingerprint density at radius 3 is 2.76 bits per heavy atom. The lowest BCUT2D eigenvalue weighted by Crippen LogP contribution is -2.36. The molecular weight excluding hydrogens is 260 g/mol. The zero-order valence-electron chi connectivity index (χ0n) is 10.5. The summed E-state index contributed by atoms with van der Waals surface area (Å²) in [7, 11) is 3.45.